The fourth-order valence-electron chi connectivity index (χ4n) is 10.3. The van der Waals surface area contributed by atoms with E-state index in [4.69, 9.17) is 127 Å². The number of amidine groups is 1. The maximum atomic E-state index is 11.5. The predicted molar refractivity (Wildman–Crippen MR) is 465 cm³/mol. The van der Waals surface area contributed by atoms with Gasteiger partial charge in [-0.3, -0.25) is 4.39 Å². The van der Waals surface area contributed by atoms with Crippen molar-refractivity contribution in [2.45, 2.75) is 89.9 Å². The number of ether oxygens (including phenoxy) is 5. The molecule has 15 rings (SSSR count). The first-order valence-electron chi connectivity index (χ1n) is 35.3. The van der Waals surface area contributed by atoms with Crippen molar-refractivity contribution in [2.75, 3.05) is 53.1 Å². The summed E-state index contributed by atoms with van der Waals surface area (Å²) in [6.07, 6.45) is 4.14. The number of carboxylic acids is 2. The number of aromatic carboxylic acids is 2. The van der Waals surface area contributed by atoms with Gasteiger partial charge >= 0.3 is 42.7 Å². The molecule has 1 aliphatic heterocycles. The van der Waals surface area contributed by atoms with Crippen LogP contribution in [-0.4, -0.2) is 135 Å². The van der Waals surface area contributed by atoms with Crippen molar-refractivity contribution in [3.63, 3.8) is 0 Å². The molecule has 1 aliphatic rings. The number of aromatic hydroxyl groups is 1. The molecule has 0 spiro atoms. The van der Waals surface area contributed by atoms with Crippen LogP contribution in [0.15, 0.2) is 202 Å². The molecule has 0 atom stereocenters. The molecule has 14 aromatic rings. The summed E-state index contributed by atoms with van der Waals surface area (Å²) in [5.41, 5.74) is 15.9. The second-order valence-corrected chi connectivity index (χ2v) is 26.8. The van der Waals surface area contributed by atoms with Crippen molar-refractivity contribution in [3.8, 4) is 51.8 Å². The number of hydrogen-bond donors (Lipinski definition) is 5. The molecule has 7 N–H and O–H groups in total. The number of furan rings is 4. The molecule has 636 valence electrons. The van der Waals surface area contributed by atoms with Crippen LogP contribution in [0.1, 0.15) is 125 Å². The quantitative estimate of drug-likeness (QED) is 0.00986. The van der Waals surface area contributed by atoms with E-state index >= 15 is 0 Å². The number of aromatic nitrogens is 4. The molecular weight excluding hydrogens is 1720 g/mol. The molecule has 0 aliphatic carbocycles. The van der Waals surface area contributed by atoms with Gasteiger partial charge in [0.1, 0.15) is 5.75 Å². The van der Waals surface area contributed by atoms with E-state index in [2.05, 4.69) is 50.8 Å². The Morgan fingerprint density at radius 1 is 0.550 bits per heavy atom. The van der Waals surface area contributed by atoms with Gasteiger partial charge in [-0.1, -0.05) is 178 Å². The molecule has 8 aromatic carbocycles. The minimum atomic E-state index is -1.09. The zero-order chi connectivity index (χ0) is 84.7. The molecule has 120 heavy (non-hydrogen) atoms. The van der Waals surface area contributed by atoms with Gasteiger partial charge in [0, 0.05) is 64.7 Å². The number of rotatable bonds is 14. The summed E-state index contributed by atoms with van der Waals surface area (Å²) in [5.74, 6) is -0.757. The largest absolute Gasteiger partial charge is 1.00 e. The van der Waals surface area contributed by atoms with Crippen LogP contribution in [0.25, 0.3) is 90.0 Å². The van der Waals surface area contributed by atoms with Crippen molar-refractivity contribution in [1.29, 1.82) is 0 Å². The molecule has 0 unspecified atom stereocenters. The number of halogens is 7. The van der Waals surface area contributed by atoms with E-state index in [1.165, 1.54) is 50.8 Å². The number of phenols is 1. The van der Waals surface area contributed by atoms with E-state index in [1.807, 2.05) is 97.0 Å². The number of phenolic OH excluding ortho intramolecular Hbond substituents is 1. The Kier molecular flexibility index (Phi) is 45.3. The molecule has 26 nitrogen and oxygen atoms in total. The molecule has 1 fully saturated rings. The number of hydrogen-bond acceptors (Lipinski definition) is 23. The summed E-state index contributed by atoms with van der Waals surface area (Å²) < 4.78 is 72.4. The van der Waals surface area contributed by atoms with Crippen LogP contribution in [0, 0.1) is 34.6 Å². The fraction of sp³-hybridized carbons (Fsp3) is 0.244. The molecule has 0 radical (unpaired) electrons. The van der Waals surface area contributed by atoms with Gasteiger partial charge in [0.15, 0.2) is 46.0 Å². The standard InChI is InChI=1S/C19H13ClN2O4.C18H11ClN2O4.C10H7ClO3.C9H7ClO.C9H10N2O3.C7H7ClO.C6H13BrO2.C4H8O.CH3F.3CH4.Li.H2O/c1-10-3-8-14(20)16-13(10)9-15(25-16)18-21-17(22-26-18)11-4-6-12(7-5-11)19(23)24-2;1-9-2-7-13(19)15-12(9)8-14(24-15)17-20-16(21-25-17)10-3-5-11(6-4-10)18(22)23;1-5-2-3-7(11)9-6(5)4-8(14-9)10(12)13;1-6-2-3-8(10)9-7(6)4-5-11-9;1-14-9(12)7-4-2-6(3-5-7)8(10)11-13;1-5-2-3-6(8)7(9)4-5;1-3-8-6(5-7)9-4-2;1-2-4-5-3-1;1-2;;;;;/h3-9H,1-2H3;2-8H,1H3,(H,22,23);2-4H,1H3,(H,12,13);2-5H,1H3;2-5,13H,1H3,(H2,10,11);2-4,9H,1H3;6H,3-5H2,1-2H3;1-4H2;1H3;3*1H4;;1H2/q;;;;;;;;;;;;+1;/p-1/i;;;;;;;;1D;;;;;. The number of carbonyl (C=O) groups excluding carboxylic acids is 2. The van der Waals surface area contributed by atoms with Crippen molar-refractivity contribution < 1.29 is 120 Å². The van der Waals surface area contributed by atoms with Crippen LogP contribution in [-0.2, 0) is 23.7 Å². The van der Waals surface area contributed by atoms with Crippen molar-refractivity contribution in [3.05, 3.63) is 251 Å². The van der Waals surface area contributed by atoms with Crippen LogP contribution < -0.4 is 24.6 Å². The summed E-state index contributed by atoms with van der Waals surface area (Å²) in [6.45, 7) is 17.1. The minimum absolute atomic E-state index is 0. The molecule has 6 aromatic heterocycles. The normalized spacial score (nSPS) is 10.9. The summed E-state index contributed by atoms with van der Waals surface area (Å²) in [5, 5.41) is 52.7. The van der Waals surface area contributed by atoms with Crippen molar-refractivity contribution in [2.24, 2.45) is 10.9 Å². The van der Waals surface area contributed by atoms with Crippen LogP contribution in [0.2, 0.25) is 25.1 Å². The molecule has 34 heteroatoms. The Labute approximate surface area is 739 Å². The van der Waals surface area contributed by atoms with Gasteiger partial charge in [0.25, 0.3) is 11.8 Å². The number of alkyl halides is 2. The third kappa shape index (κ3) is 29.4. The second kappa shape index (κ2) is 52.5. The Morgan fingerprint density at radius 3 is 1.27 bits per heavy atom. The van der Waals surface area contributed by atoms with E-state index in [0.29, 0.717) is 106 Å². The van der Waals surface area contributed by atoms with Gasteiger partial charge in [-0.2, -0.15) is 9.97 Å². The number of carbonyl (C=O) groups is 4. The van der Waals surface area contributed by atoms with E-state index in [0.717, 1.165) is 67.9 Å². The maximum Gasteiger partial charge on any atom is 1.00 e. The number of nitrogens with two attached hydrogens (primary N) is 1. The zero-order valence-electron chi connectivity index (χ0n) is 65.7. The Morgan fingerprint density at radius 2 is 0.933 bits per heavy atom. The van der Waals surface area contributed by atoms with Gasteiger partial charge in [0.05, 0.1) is 76.1 Å². The fourth-order valence-corrected chi connectivity index (χ4v) is 11.6. The summed E-state index contributed by atoms with van der Waals surface area (Å²) >= 11 is 32.9. The first-order chi connectivity index (χ1) is 55.6. The Bertz CT molecular complexity index is 5440. The van der Waals surface area contributed by atoms with Gasteiger partial charge in [0.2, 0.25) is 17.4 Å². The predicted octanol–water partition coefficient (Wildman–Crippen LogP) is 21.0. The summed E-state index contributed by atoms with van der Waals surface area (Å²) in [6, 6.07) is 46.1. The summed E-state index contributed by atoms with van der Waals surface area (Å²) in [4.78, 5) is 52.8. The first kappa shape index (κ1) is 104. The number of nitrogens with zero attached hydrogens (tertiary/aromatic N) is 5. The molecule has 1 saturated heterocycles. The summed E-state index contributed by atoms with van der Waals surface area (Å²) in [7, 11) is 1.64. The van der Waals surface area contributed by atoms with Crippen LogP contribution in [0.3, 0.4) is 0 Å². The molecular formula is C86H92BrCl5FLiN6O20. The smallest absolute Gasteiger partial charge is 0.870 e. The number of methoxy groups -OCH3 is 2. The average molecular weight is 1810 g/mol. The Hall–Kier alpha value is -10.6. The van der Waals surface area contributed by atoms with Crippen LogP contribution >= 0.6 is 73.9 Å². The van der Waals surface area contributed by atoms with Gasteiger partial charge in [-0.15, -0.1) is 0 Å². The zero-order valence-corrected chi connectivity index (χ0v) is 70.1. The van der Waals surface area contributed by atoms with Crippen molar-refractivity contribution in [1.82, 2.24) is 20.3 Å². The van der Waals surface area contributed by atoms with E-state index in [-0.39, 0.29) is 87.6 Å². The van der Waals surface area contributed by atoms with Gasteiger partial charge < -0.3 is 82.1 Å². The first-order valence-corrected chi connectivity index (χ1v) is 37.6. The van der Waals surface area contributed by atoms with Gasteiger partial charge in [-0.25, -0.2) is 19.2 Å². The van der Waals surface area contributed by atoms with Crippen molar-refractivity contribution >= 4 is 148 Å². The average Bonchev–Trinajstić information content (AvgIpc) is 1.64. The van der Waals surface area contributed by atoms with Crippen LogP contribution in [0.4, 0.5) is 4.39 Å². The monoisotopic (exact) mass is 1810 g/mol. The molecule has 0 bridgehead atoms. The molecule has 7 heterocycles. The Balaban J connectivity index is 0.000000483. The van der Waals surface area contributed by atoms with E-state index in [9.17, 15) is 23.6 Å². The van der Waals surface area contributed by atoms with E-state index < -0.39 is 31.0 Å². The number of aryl methyl sites for hydroxylation is 5. The number of benzene rings is 8. The third-order valence-corrected chi connectivity index (χ3v) is 18.3. The third-order valence-electron chi connectivity index (χ3n) is 16.3. The molecule has 0 amide bonds. The second-order valence-electron chi connectivity index (χ2n) is 24.1. The topological polar surface area (TPSA) is 394 Å². The van der Waals surface area contributed by atoms with Gasteiger partial charge in [-0.05, 0) is 186 Å². The number of carboxylic acid groups (broad SMARTS) is 2. The number of oxime groups is 1. The van der Waals surface area contributed by atoms with E-state index in [1.54, 1.807) is 103 Å². The maximum absolute atomic E-state index is 11.5. The SMILES string of the molecule is C.C.C.C1CCOC1.CCOC(CBr)OCC.COC(=O)c1ccc(-c2noc(-c3cc4c(C)ccc(Cl)c4o3)n2)cc1.COC(=O)c1ccc(/C(N)=N\O)cc1.Cc1ccc(Cl)c(O)c1.Cc1ccc(Cl)c2oc(-c3nc(-c4ccc(C(=O)O)cc4)no3)cc12.Cc1ccc(Cl)c2oc(C(=O)O)cc12.Cc1ccc(Cl)c2occc12.[2H]CF.[Li+].[OH-]. The number of fused-ring (bicyclic) bond motifs is 4. The minimum Gasteiger partial charge on any atom is -0.870 e. The van der Waals surface area contributed by atoms with Crippen LogP contribution in [0.5, 0.6) is 5.75 Å². The number of esters is 2. The molecule has 0 saturated carbocycles.